The molecule has 3 N–H and O–H groups in total. The first-order valence-corrected chi connectivity index (χ1v) is 9.80. The number of nitrogens with two attached hydrogens (primary N) is 1. The van der Waals surface area contributed by atoms with Crippen LogP contribution in [-0.4, -0.2) is 50.1 Å². The van der Waals surface area contributed by atoms with E-state index in [1.54, 1.807) is 0 Å². The first-order chi connectivity index (χ1) is 14.5. The van der Waals surface area contributed by atoms with E-state index in [0.29, 0.717) is 24.5 Å². The smallest absolute Gasteiger partial charge is 0.369 e. The van der Waals surface area contributed by atoms with Gasteiger partial charge in [0.1, 0.15) is 0 Å². The Morgan fingerprint density at radius 1 is 1.06 bits per heavy atom. The number of hydrogen-bond acceptors (Lipinski definition) is 5. The van der Waals surface area contributed by atoms with Crippen molar-refractivity contribution in [1.29, 1.82) is 0 Å². The Bertz CT molecular complexity index is 960. The van der Waals surface area contributed by atoms with Gasteiger partial charge in [-0.15, -0.1) is 0 Å². The fraction of sp³-hybridized carbons (Fsp3) is 0.300. The van der Waals surface area contributed by atoms with E-state index in [-0.39, 0.29) is 11.3 Å². The number of benzene rings is 2. The molecule has 0 atom stereocenters. The maximum atomic E-state index is 13.4. The van der Waals surface area contributed by atoms with Gasteiger partial charge < -0.3 is 20.9 Å². The number of rotatable bonds is 4. The molecule has 0 spiro atoms. The number of carbonyl (C=O) groups excluding carboxylic acids is 2. The van der Waals surface area contributed by atoms with Crippen molar-refractivity contribution >= 4 is 41.8 Å². The zero-order valence-corrected chi connectivity index (χ0v) is 17.6. The highest BCUT2D eigenvalue weighted by atomic mass is 32.1. The highest BCUT2D eigenvalue weighted by Crippen LogP contribution is 2.35. The third-order valence-electron chi connectivity index (χ3n) is 4.95. The standard InChI is InChI=1S/C20H22F3N5O2S/c1-26-6-8-27(9-7-26)17-11-14(20(21,22)23)10-15(12-17)25-19(30)28(31)16-4-2-13(3-5-16)18(24)29/h2-5,10-12,31H,6-9H2,1H3,(H2,24,29)(H,25,30). The fourth-order valence-corrected chi connectivity index (χ4v) is 3.34. The second-order valence-corrected chi connectivity index (χ2v) is 7.61. The Kier molecular flexibility index (Phi) is 6.65. The SMILES string of the molecule is CN1CCN(c2cc(NC(=O)N(S)c3ccc(C(N)=O)cc3)cc(C(F)(F)F)c2)CC1. The summed E-state index contributed by atoms with van der Waals surface area (Å²) in [4.78, 5) is 27.7. The summed E-state index contributed by atoms with van der Waals surface area (Å²) in [6, 6.07) is 8.48. The Hall–Kier alpha value is -2.92. The van der Waals surface area contributed by atoms with E-state index in [0.717, 1.165) is 29.5 Å². The lowest BCUT2D eigenvalue weighted by Gasteiger charge is -2.34. The van der Waals surface area contributed by atoms with Gasteiger partial charge in [-0.2, -0.15) is 13.2 Å². The van der Waals surface area contributed by atoms with Crippen molar-refractivity contribution in [2.75, 3.05) is 47.7 Å². The lowest BCUT2D eigenvalue weighted by molar-refractivity contribution is -0.137. The molecule has 0 radical (unpaired) electrons. The third kappa shape index (κ3) is 5.61. The van der Waals surface area contributed by atoms with Gasteiger partial charge in [-0.1, -0.05) is 12.8 Å². The van der Waals surface area contributed by atoms with Gasteiger partial charge in [0.2, 0.25) is 5.91 Å². The molecule has 0 unspecified atom stereocenters. The van der Waals surface area contributed by atoms with Crippen LogP contribution in [0.5, 0.6) is 0 Å². The van der Waals surface area contributed by atoms with Crippen molar-refractivity contribution in [3.8, 4) is 0 Å². The molecule has 2 aromatic rings. The van der Waals surface area contributed by atoms with Crippen LogP contribution < -0.4 is 20.3 Å². The van der Waals surface area contributed by atoms with Crippen LogP contribution in [0.15, 0.2) is 42.5 Å². The van der Waals surface area contributed by atoms with Crippen LogP contribution in [0.25, 0.3) is 0 Å². The second-order valence-electron chi connectivity index (χ2n) is 7.21. The molecular formula is C20H22F3N5O2S. The number of hydrogen-bond donors (Lipinski definition) is 3. The second kappa shape index (κ2) is 9.06. The summed E-state index contributed by atoms with van der Waals surface area (Å²) < 4.78 is 41.2. The molecule has 1 saturated heterocycles. The van der Waals surface area contributed by atoms with E-state index in [1.165, 1.54) is 30.3 Å². The van der Waals surface area contributed by atoms with Gasteiger partial charge in [-0.25, -0.2) is 9.10 Å². The molecular weight excluding hydrogens is 431 g/mol. The van der Waals surface area contributed by atoms with Crippen molar-refractivity contribution in [3.05, 3.63) is 53.6 Å². The van der Waals surface area contributed by atoms with E-state index < -0.39 is 23.7 Å². The number of likely N-dealkylation sites (N-methyl/N-ethyl adjacent to an activating group) is 1. The van der Waals surface area contributed by atoms with Crippen LogP contribution in [0.3, 0.4) is 0 Å². The lowest BCUT2D eigenvalue weighted by atomic mass is 10.1. The number of anilines is 3. The normalized spacial score (nSPS) is 14.9. The number of nitrogens with zero attached hydrogens (tertiary/aromatic N) is 3. The molecule has 3 rings (SSSR count). The van der Waals surface area contributed by atoms with E-state index >= 15 is 0 Å². The molecule has 0 bridgehead atoms. The Morgan fingerprint density at radius 2 is 1.68 bits per heavy atom. The van der Waals surface area contributed by atoms with Crippen LogP contribution >= 0.6 is 12.8 Å². The number of nitrogens with one attached hydrogen (secondary N) is 1. The fourth-order valence-electron chi connectivity index (χ4n) is 3.15. The summed E-state index contributed by atoms with van der Waals surface area (Å²) in [5.74, 6) is -0.623. The Morgan fingerprint density at radius 3 is 2.23 bits per heavy atom. The lowest BCUT2D eigenvalue weighted by Crippen LogP contribution is -2.44. The molecule has 1 fully saturated rings. The maximum Gasteiger partial charge on any atom is 0.416 e. The average Bonchev–Trinajstić information content (AvgIpc) is 2.73. The monoisotopic (exact) mass is 453 g/mol. The number of piperazine rings is 1. The van der Waals surface area contributed by atoms with Crippen molar-refractivity contribution < 1.29 is 22.8 Å². The predicted octanol–water partition coefficient (Wildman–Crippen LogP) is 3.44. The number of alkyl halides is 3. The molecule has 0 aliphatic carbocycles. The average molecular weight is 453 g/mol. The molecule has 2 aromatic carbocycles. The van der Waals surface area contributed by atoms with Crippen LogP contribution in [-0.2, 0) is 6.18 Å². The van der Waals surface area contributed by atoms with Crippen LogP contribution in [0.4, 0.5) is 35.0 Å². The number of thiol groups is 1. The van der Waals surface area contributed by atoms with E-state index in [9.17, 15) is 22.8 Å². The van der Waals surface area contributed by atoms with Crippen molar-refractivity contribution in [1.82, 2.24) is 4.90 Å². The molecule has 0 saturated carbocycles. The molecule has 31 heavy (non-hydrogen) atoms. The molecule has 3 amide bonds. The highest BCUT2D eigenvalue weighted by molar-refractivity contribution is 7.82. The summed E-state index contributed by atoms with van der Waals surface area (Å²) in [6.07, 6.45) is -4.56. The molecule has 166 valence electrons. The summed E-state index contributed by atoms with van der Waals surface area (Å²) in [6.45, 7) is 2.61. The van der Waals surface area contributed by atoms with Gasteiger partial charge in [0, 0.05) is 43.1 Å². The summed E-state index contributed by atoms with van der Waals surface area (Å²) in [5, 5.41) is 2.46. The number of primary amides is 1. The van der Waals surface area contributed by atoms with Gasteiger partial charge >= 0.3 is 12.2 Å². The predicted molar refractivity (Wildman–Crippen MR) is 117 cm³/mol. The van der Waals surface area contributed by atoms with E-state index in [2.05, 4.69) is 23.0 Å². The van der Waals surface area contributed by atoms with Crippen molar-refractivity contribution in [2.24, 2.45) is 5.73 Å². The van der Waals surface area contributed by atoms with Crippen LogP contribution in [0, 0.1) is 0 Å². The Balaban J connectivity index is 1.82. The minimum Gasteiger partial charge on any atom is -0.369 e. The van der Waals surface area contributed by atoms with Crippen LogP contribution in [0.1, 0.15) is 15.9 Å². The summed E-state index contributed by atoms with van der Waals surface area (Å²) >= 11 is 4.12. The van der Waals surface area contributed by atoms with E-state index in [1.807, 2.05) is 11.9 Å². The van der Waals surface area contributed by atoms with E-state index in [4.69, 9.17) is 5.73 Å². The molecule has 11 heteroatoms. The largest absolute Gasteiger partial charge is 0.416 e. The summed E-state index contributed by atoms with van der Waals surface area (Å²) in [5.41, 5.74) is 5.29. The van der Waals surface area contributed by atoms with Gasteiger partial charge in [-0.05, 0) is 49.5 Å². The molecule has 1 heterocycles. The molecule has 1 aliphatic heterocycles. The third-order valence-corrected chi connectivity index (χ3v) is 5.37. The minimum absolute atomic E-state index is 0.00144. The first kappa shape index (κ1) is 22.8. The molecule has 1 aliphatic rings. The van der Waals surface area contributed by atoms with Gasteiger partial charge in [0.05, 0.1) is 11.3 Å². The molecule has 0 aromatic heterocycles. The quantitative estimate of drug-likeness (QED) is 0.620. The molecule has 7 nitrogen and oxygen atoms in total. The van der Waals surface area contributed by atoms with Gasteiger partial charge in [0.15, 0.2) is 0 Å². The number of halogens is 3. The number of urea groups is 1. The van der Waals surface area contributed by atoms with Gasteiger partial charge in [0.25, 0.3) is 0 Å². The van der Waals surface area contributed by atoms with Gasteiger partial charge in [-0.3, -0.25) is 4.79 Å². The summed E-state index contributed by atoms with van der Waals surface area (Å²) in [7, 11) is 1.95. The zero-order chi connectivity index (χ0) is 22.8. The van der Waals surface area contributed by atoms with Crippen molar-refractivity contribution in [3.63, 3.8) is 0 Å². The van der Waals surface area contributed by atoms with Crippen molar-refractivity contribution in [2.45, 2.75) is 6.18 Å². The number of amides is 3. The minimum atomic E-state index is -4.56. The highest BCUT2D eigenvalue weighted by Gasteiger charge is 2.32. The number of carbonyl (C=O) groups is 2. The first-order valence-electron chi connectivity index (χ1n) is 9.40. The zero-order valence-electron chi connectivity index (χ0n) is 16.7. The maximum absolute atomic E-state index is 13.4. The Labute approximate surface area is 183 Å². The topological polar surface area (TPSA) is 81.9 Å². The van der Waals surface area contributed by atoms with Crippen LogP contribution in [0.2, 0.25) is 0 Å².